The number of carbonyl (C=O) groups excluding carboxylic acids is 1. The van der Waals surface area contributed by atoms with Crippen molar-refractivity contribution >= 4 is 43.5 Å². The Balaban J connectivity index is 2.05. The van der Waals surface area contributed by atoms with Crippen LogP contribution in [-0.4, -0.2) is 24.9 Å². The van der Waals surface area contributed by atoms with Crippen LogP contribution >= 0.6 is 0 Å². The van der Waals surface area contributed by atoms with Crippen molar-refractivity contribution in [1.29, 1.82) is 0 Å². The Kier molecular flexibility index (Phi) is 6.64. The van der Waals surface area contributed by atoms with Crippen molar-refractivity contribution in [2.24, 2.45) is 10.6 Å². The van der Waals surface area contributed by atoms with Crippen LogP contribution in [0.2, 0.25) is 0 Å². The lowest BCUT2D eigenvalue weighted by Crippen LogP contribution is -2.30. The van der Waals surface area contributed by atoms with E-state index in [1.165, 1.54) is 6.08 Å². The molecule has 32 heavy (non-hydrogen) atoms. The number of fused-ring (bicyclic) bond motifs is 3. The third-order valence-corrected chi connectivity index (χ3v) is 5.57. The number of rotatable bonds is 7. The number of aromatic nitrogens is 1. The number of oxime groups is 1. The molecule has 0 N–H and O–H groups in total. The number of hydrogen-bond donors (Lipinski definition) is 0. The van der Waals surface area contributed by atoms with E-state index in [2.05, 4.69) is 10.1 Å². The van der Waals surface area contributed by atoms with E-state index in [4.69, 9.17) is 8.70 Å². The average molecular weight is 455 g/mol. The largest absolute Gasteiger partial charge is 0.434 e. The van der Waals surface area contributed by atoms with Gasteiger partial charge >= 0.3 is 10.1 Å². The van der Waals surface area contributed by atoms with Crippen molar-refractivity contribution in [2.45, 2.75) is 41.0 Å². The van der Waals surface area contributed by atoms with Gasteiger partial charge in [0.2, 0.25) is 5.71 Å². The molecule has 1 heterocycles. The Hall–Kier alpha value is -3.26. The first kappa shape index (κ1) is 23.4. The van der Waals surface area contributed by atoms with Gasteiger partial charge in [-0.15, -0.1) is 0 Å². The first-order chi connectivity index (χ1) is 15.0. The summed E-state index contributed by atoms with van der Waals surface area (Å²) in [4.78, 5) is 17.5. The molecule has 0 spiro atoms. The minimum Gasteiger partial charge on any atom is -0.434 e. The van der Waals surface area contributed by atoms with E-state index in [0.717, 1.165) is 28.2 Å². The molecule has 0 atom stereocenters. The third kappa shape index (κ3) is 5.31. The zero-order valence-corrected chi connectivity index (χ0v) is 19.6. The second-order valence-electron chi connectivity index (χ2n) is 8.43. The molecule has 0 fully saturated rings. The van der Waals surface area contributed by atoms with E-state index in [9.17, 15) is 13.2 Å². The molecule has 3 aromatic rings. The SMILES string of the molecule is CC/C(C)=C\C=C\S(=O)(=O)O/N=C(\C(=O)C(C)(C)C)c1nc2c(ccc3ccccc32)o1. The molecule has 8 heteroatoms. The molecule has 168 valence electrons. The molecule has 0 aliphatic rings. The molecule has 0 saturated carbocycles. The van der Waals surface area contributed by atoms with E-state index in [1.54, 1.807) is 32.9 Å². The van der Waals surface area contributed by atoms with Crippen LogP contribution in [0.3, 0.4) is 0 Å². The number of hydrogen-bond acceptors (Lipinski definition) is 7. The Bertz CT molecular complexity index is 1360. The molecule has 0 saturated heterocycles. The van der Waals surface area contributed by atoms with Crippen molar-refractivity contribution in [2.75, 3.05) is 0 Å². The standard InChI is InChI=1S/C24H26N2O5S/c1-6-16(2)10-9-15-32(28,29)31-26-21(22(27)24(3,4)5)23-25-20-18-12-8-7-11-17(18)13-14-19(20)30-23/h7-15H,6H2,1-5H3/b15-9+,16-10-,26-21+. The van der Waals surface area contributed by atoms with Crippen LogP contribution in [0, 0.1) is 5.41 Å². The Morgan fingerprint density at radius 3 is 2.59 bits per heavy atom. The van der Waals surface area contributed by atoms with Gasteiger partial charge in [0.1, 0.15) is 5.52 Å². The summed E-state index contributed by atoms with van der Waals surface area (Å²) < 4.78 is 35.1. The summed E-state index contributed by atoms with van der Waals surface area (Å²) in [7, 11) is -4.17. The van der Waals surface area contributed by atoms with Crippen LogP contribution in [0.15, 0.2) is 69.1 Å². The van der Waals surface area contributed by atoms with Crippen molar-refractivity contribution in [1.82, 2.24) is 4.98 Å². The van der Waals surface area contributed by atoms with Gasteiger partial charge in [0.15, 0.2) is 11.4 Å². The minimum atomic E-state index is -4.17. The molecule has 1 aromatic heterocycles. The van der Waals surface area contributed by atoms with Crippen molar-refractivity contribution in [3.05, 3.63) is 65.4 Å². The predicted octanol–water partition coefficient (Wildman–Crippen LogP) is 5.52. The first-order valence-corrected chi connectivity index (χ1v) is 11.7. The summed E-state index contributed by atoms with van der Waals surface area (Å²) >= 11 is 0. The molecule has 7 nitrogen and oxygen atoms in total. The number of Topliss-reactive ketones (excluding diaryl/α,β-unsaturated/α-hetero) is 1. The van der Waals surface area contributed by atoms with Gasteiger partial charge in [-0.25, -0.2) is 4.98 Å². The lowest BCUT2D eigenvalue weighted by molar-refractivity contribution is -0.119. The molecule has 0 amide bonds. The molecule has 0 bridgehead atoms. The smallest absolute Gasteiger partial charge is 0.351 e. The van der Waals surface area contributed by atoms with E-state index in [0.29, 0.717) is 11.1 Å². The van der Waals surface area contributed by atoms with E-state index in [1.807, 2.05) is 44.2 Å². The summed E-state index contributed by atoms with van der Waals surface area (Å²) in [6.45, 7) is 8.91. The van der Waals surface area contributed by atoms with Crippen LogP contribution < -0.4 is 0 Å². The van der Waals surface area contributed by atoms with E-state index < -0.39 is 21.3 Å². The zero-order chi connectivity index (χ0) is 23.5. The highest BCUT2D eigenvalue weighted by molar-refractivity contribution is 7.89. The zero-order valence-electron chi connectivity index (χ0n) is 18.7. The summed E-state index contributed by atoms with van der Waals surface area (Å²) in [6, 6.07) is 11.2. The highest BCUT2D eigenvalue weighted by Gasteiger charge is 2.32. The Labute approximate surface area is 187 Å². The highest BCUT2D eigenvalue weighted by Crippen LogP contribution is 2.27. The lowest BCUT2D eigenvalue weighted by atomic mass is 9.88. The summed E-state index contributed by atoms with van der Waals surface area (Å²) in [5.74, 6) is -0.563. The maximum absolute atomic E-state index is 13.0. The van der Waals surface area contributed by atoms with E-state index >= 15 is 0 Å². The third-order valence-electron chi connectivity index (χ3n) is 4.80. The molecular weight excluding hydrogens is 428 g/mol. The normalized spacial score (nSPS) is 13.9. The molecule has 0 unspecified atom stereocenters. The monoisotopic (exact) mass is 454 g/mol. The topological polar surface area (TPSA) is 98.8 Å². The number of oxazole rings is 1. The van der Waals surface area contributed by atoms with Crippen molar-refractivity contribution in [3.63, 3.8) is 0 Å². The molecular formula is C24H26N2O5S. The first-order valence-electron chi connectivity index (χ1n) is 10.2. The van der Waals surface area contributed by atoms with Crippen LogP contribution in [0.25, 0.3) is 21.9 Å². The quantitative estimate of drug-likeness (QED) is 0.265. The van der Waals surface area contributed by atoms with Crippen LogP contribution in [-0.2, 0) is 19.2 Å². The van der Waals surface area contributed by atoms with Crippen LogP contribution in [0.1, 0.15) is 46.9 Å². The second-order valence-corrected chi connectivity index (χ2v) is 9.84. The molecule has 0 aliphatic heterocycles. The number of benzene rings is 2. The van der Waals surface area contributed by atoms with Crippen molar-refractivity contribution < 1.29 is 21.9 Å². The van der Waals surface area contributed by atoms with Gasteiger partial charge in [-0.05, 0) is 30.9 Å². The van der Waals surface area contributed by atoms with Gasteiger partial charge in [-0.2, -0.15) is 8.42 Å². The van der Waals surface area contributed by atoms with Crippen molar-refractivity contribution in [3.8, 4) is 0 Å². The van der Waals surface area contributed by atoms with Gasteiger partial charge < -0.3 is 4.42 Å². The number of allylic oxidation sites excluding steroid dienone is 3. The molecule has 3 rings (SSSR count). The van der Waals surface area contributed by atoms with Crippen LogP contribution in [0.5, 0.6) is 0 Å². The maximum Gasteiger partial charge on any atom is 0.351 e. The van der Waals surface area contributed by atoms with Gasteiger partial charge in [0, 0.05) is 10.8 Å². The fraction of sp³-hybridized carbons (Fsp3) is 0.292. The van der Waals surface area contributed by atoms with Gasteiger partial charge in [-0.3, -0.25) is 9.08 Å². The lowest BCUT2D eigenvalue weighted by Gasteiger charge is -2.15. The molecule has 0 aliphatic carbocycles. The van der Waals surface area contributed by atoms with Gasteiger partial charge in [0.05, 0.1) is 5.41 Å². The molecule has 0 radical (unpaired) electrons. The number of carbonyl (C=O) groups is 1. The maximum atomic E-state index is 13.0. The van der Waals surface area contributed by atoms with E-state index in [-0.39, 0.29) is 11.6 Å². The van der Waals surface area contributed by atoms with Gasteiger partial charge in [-0.1, -0.05) is 74.8 Å². The minimum absolute atomic E-state index is 0.0998. The fourth-order valence-corrected chi connectivity index (χ4v) is 3.33. The summed E-state index contributed by atoms with van der Waals surface area (Å²) in [6.07, 6.45) is 3.82. The Morgan fingerprint density at radius 2 is 1.91 bits per heavy atom. The number of ketones is 1. The number of nitrogens with zero attached hydrogens (tertiary/aromatic N) is 2. The molecule has 2 aromatic carbocycles. The average Bonchev–Trinajstić information content (AvgIpc) is 3.17. The second kappa shape index (κ2) is 9.08. The summed E-state index contributed by atoms with van der Waals surface area (Å²) in [5.41, 5.74) is 0.842. The van der Waals surface area contributed by atoms with Crippen LogP contribution in [0.4, 0.5) is 0 Å². The fourth-order valence-electron chi connectivity index (χ4n) is 2.83. The predicted molar refractivity (Wildman–Crippen MR) is 126 cm³/mol. The highest BCUT2D eigenvalue weighted by atomic mass is 32.2. The van der Waals surface area contributed by atoms with Gasteiger partial charge in [0.25, 0.3) is 5.89 Å². The summed E-state index contributed by atoms with van der Waals surface area (Å²) in [5, 5.41) is 6.36. The Morgan fingerprint density at radius 1 is 1.19 bits per heavy atom.